The number of rotatable bonds is 4. The fourth-order valence-electron chi connectivity index (χ4n) is 2.40. The fraction of sp³-hybridized carbons (Fsp3) is 0.267. The van der Waals surface area contributed by atoms with Crippen LogP contribution in [-0.2, 0) is 11.8 Å². The van der Waals surface area contributed by atoms with Crippen molar-refractivity contribution in [3.05, 3.63) is 36.0 Å². The zero-order valence-corrected chi connectivity index (χ0v) is 12.8. The summed E-state index contributed by atoms with van der Waals surface area (Å²) in [5, 5.41) is 11.1. The van der Waals surface area contributed by atoms with Gasteiger partial charge < -0.3 is 15.4 Å². The molecule has 0 atom stereocenters. The highest BCUT2D eigenvalue weighted by Gasteiger charge is 2.21. The van der Waals surface area contributed by atoms with Gasteiger partial charge in [-0.2, -0.15) is 15.1 Å². The van der Waals surface area contributed by atoms with Crippen molar-refractivity contribution in [1.82, 2.24) is 19.7 Å². The monoisotopic (exact) mass is 332 g/mol. The van der Waals surface area contributed by atoms with Crippen LogP contribution in [0.5, 0.6) is 0 Å². The molecular formula is C15H14F2N6O. The summed E-state index contributed by atoms with van der Waals surface area (Å²) in [6, 6.07) is 3.70. The van der Waals surface area contributed by atoms with Gasteiger partial charge in [0, 0.05) is 18.8 Å². The third-order valence-corrected chi connectivity index (χ3v) is 3.75. The lowest BCUT2D eigenvalue weighted by molar-refractivity contribution is 0.0210. The van der Waals surface area contributed by atoms with Gasteiger partial charge in [-0.15, -0.1) is 0 Å². The minimum atomic E-state index is -0.938. The van der Waals surface area contributed by atoms with Crippen LogP contribution in [0.4, 0.5) is 26.2 Å². The van der Waals surface area contributed by atoms with Gasteiger partial charge in [-0.25, -0.2) is 8.78 Å². The zero-order valence-electron chi connectivity index (χ0n) is 12.8. The first kappa shape index (κ1) is 14.8. The average molecular weight is 332 g/mol. The Morgan fingerprint density at radius 1 is 1.21 bits per heavy atom. The van der Waals surface area contributed by atoms with E-state index in [1.807, 2.05) is 0 Å². The highest BCUT2D eigenvalue weighted by Crippen LogP contribution is 2.25. The van der Waals surface area contributed by atoms with Crippen LogP contribution < -0.4 is 10.6 Å². The molecule has 1 aliphatic rings. The molecule has 1 aliphatic heterocycles. The number of nitrogens with zero attached hydrogens (tertiary/aromatic N) is 4. The van der Waals surface area contributed by atoms with E-state index in [1.54, 1.807) is 17.9 Å². The second-order valence-electron chi connectivity index (χ2n) is 5.53. The number of hydrogen-bond donors (Lipinski definition) is 2. The molecule has 0 radical (unpaired) electrons. The van der Waals surface area contributed by atoms with Gasteiger partial charge in [-0.05, 0) is 12.1 Å². The Morgan fingerprint density at radius 3 is 2.75 bits per heavy atom. The molecule has 1 fully saturated rings. The maximum atomic E-state index is 13.4. The Bertz CT molecular complexity index is 908. The van der Waals surface area contributed by atoms with Crippen molar-refractivity contribution < 1.29 is 13.5 Å². The molecule has 1 saturated heterocycles. The van der Waals surface area contributed by atoms with Gasteiger partial charge in [0.1, 0.15) is 5.82 Å². The number of ether oxygens (including phenoxy) is 1. The zero-order chi connectivity index (χ0) is 16.7. The summed E-state index contributed by atoms with van der Waals surface area (Å²) < 4.78 is 33.2. The van der Waals surface area contributed by atoms with Crippen LogP contribution in [0.15, 0.2) is 24.4 Å². The first-order valence-electron chi connectivity index (χ1n) is 7.36. The number of halogens is 2. The lowest BCUT2D eigenvalue weighted by atomic mass is 10.2. The van der Waals surface area contributed by atoms with Crippen LogP contribution in [0, 0.1) is 11.6 Å². The van der Waals surface area contributed by atoms with Crippen molar-refractivity contribution in [2.24, 2.45) is 7.05 Å². The number of hydrogen-bond acceptors (Lipinski definition) is 6. The summed E-state index contributed by atoms with van der Waals surface area (Å²) in [5.41, 5.74) is 0.978. The molecule has 0 unspecified atom stereocenters. The third-order valence-electron chi connectivity index (χ3n) is 3.75. The molecule has 1 aromatic carbocycles. The van der Waals surface area contributed by atoms with E-state index in [0.29, 0.717) is 30.4 Å². The van der Waals surface area contributed by atoms with Gasteiger partial charge in [0.15, 0.2) is 17.3 Å². The van der Waals surface area contributed by atoms with E-state index in [1.165, 1.54) is 6.07 Å². The van der Waals surface area contributed by atoms with Crippen molar-refractivity contribution in [2.75, 3.05) is 23.8 Å². The minimum Gasteiger partial charge on any atom is -0.377 e. The summed E-state index contributed by atoms with van der Waals surface area (Å²) in [6.45, 7) is 1.22. The topological polar surface area (TPSA) is 76.9 Å². The van der Waals surface area contributed by atoms with Crippen LogP contribution in [0.25, 0.3) is 11.0 Å². The molecular weight excluding hydrogens is 318 g/mol. The highest BCUT2D eigenvalue weighted by molar-refractivity contribution is 5.88. The van der Waals surface area contributed by atoms with Crippen LogP contribution in [0.1, 0.15) is 0 Å². The number of anilines is 3. The number of aryl methyl sites for hydroxylation is 1. The van der Waals surface area contributed by atoms with Gasteiger partial charge in [0.25, 0.3) is 0 Å². The molecule has 9 heteroatoms. The Balaban J connectivity index is 1.71. The summed E-state index contributed by atoms with van der Waals surface area (Å²) in [7, 11) is 1.77. The van der Waals surface area contributed by atoms with E-state index in [4.69, 9.17) is 4.74 Å². The molecule has 2 N–H and O–H groups in total. The van der Waals surface area contributed by atoms with E-state index >= 15 is 0 Å². The predicted molar refractivity (Wildman–Crippen MR) is 84.2 cm³/mol. The molecule has 0 spiro atoms. The molecule has 2 aromatic heterocycles. The SMILES string of the molecule is Cn1ncc2c(NC3COC3)nc(Nc3ccc(F)c(F)c3)nc21. The van der Waals surface area contributed by atoms with Gasteiger partial charge in [0.05, 0.1) is 30.8 Å². The largest absolute Gasteiger partial charge is 0.377 e. The second kappa shape index (κ2) is 5.68. The quantitative estimate of drug-likeness (QED) is 0.763. The molecule has 0 saturated carbocycles. The molecule has 0 bridgehead atoms. The third kappa shape index (κ3) is 2.62. The summed E-state index contributed by atoms with van der Waals surface area (Å²) in [5.74, 6) is -0.964. The molecule has 0 aliphatic carbocycles. The van der Waals surface area contributed by atoms with Crippen molar-refractivity contribution in [3.8, 4) is 0 Å². The Hall–Kier alpha value is -2.81. The maximum Gasteiger partial charge on any atom is 0.231 e. The Labute approximate surface area is 135 Å². The van der Waals surface area contributed by atoms with Crippen LogP contribution in [-0.4, -0.2) is 39.0 Å². The summed E-state index contributed by atoms with van der Waals surface area (Å²) in [4.78, 5) is 8.81. The van der Waals surface area contributed by atoms with Crippen LogP contribution in [0.3, 0.4) is 0 Å². The van der Waals surface area contributed by atoms with E-state index in [9.17, 15) is 8.78 Å². The number of benzene rings is 1. The normalized spacial score (nSPS) is 14.6. The standard InChI is InChI=1S/C15H14F2N6O/c1-23-14-10(5-18-23)13(19-9-6-24-7-9)21-15(22-14)20-8-2-3-11(16)12(17)4-8/h2-5,9H,6-7H2,1H3,(H2,19,20,21,22). The lowest BCUT2D eigenvalue weighted by Gasteiger charge is -2.27. The van der Waals surface area contributed by atoms with E-state index in [0.717, 1.165) is 17.5 Å². The smallest absolute Gasteiger partial charge is 0.231 e. The summed E-state index contributed by atoms with van der Waals surface area (Å²) in [6.07, 6.45) is 1.68. The fourth-order valence-corrected chi connectivity index (χ4v) is 2.40. The molecule has 7 nitrogen and oxygen atoms in total. The van der Waals surface area contributed by atoms with Gasteiger partial charge in [0.2, 0.25) is 5.95 Å². The molecule has 4 rings (SSSR count). The van der Waals surface area contributed by atoms with Crippen molar-refractivity contribution in [3.63, 3.8) is 0 Å². The molecule has 124 valence electrons. The lowest BCUT2D eigenvalue weighted by Crippen LogP contribution is -2.40. The number of aromatic nitrogens is 4. The molecule has 3 heterocycles. The van der Waals surface area contributed by atoms with E-state index in [-0.39, 0.29) is 12.0 Å². The highest BCUT2D eigenvalue weighted by atomic mass is 19.2. The first-order chi connectivity index (χ1) is 11.6. The molecule has 3 aromatic rings. The van der Waals surface area contributed by atoms with Crippen LogP contribution in [0.2, 0.25) is 0 Å². The maximum absolute atomic E-state index is 13.4. The number of fused-ring (bicyclic) bond motifs is 1. The Morgan fingerprint density at radius 2 is 2.04 bits per heavy atom. The van der Waals surface area contributed by atoms with Crippen molar-refractivity contribution >= 4 is 28.5 Å². The summed E-state index contributed by atoms with van der Waals surface area (Å²) >= 11 is 0. The minimum absolute atomic E-state index is 0.180. The van der Waals surface area contributed by atoms with E-state index < -0.39 is 11.6 Å². The molecule has 24 heavy (non-hydrogen) atoms. The average Bonchev–Trinajstić information content (AvgIpc) is 2.88. The van der Waals surface area contributed by atoms with Gasteiger partial charge >= 0.3 is 0 Å². The Kier molecular flexibility index (Phi) is 3.49. The van der Waals surface area contributed by atoms with Crippen molar-refractivity contribution in [2.45, 2.75) is 6.04 Å². The number of nitrogens with one attached hydrogen (secondary N) is 2. The van der Waals surface area contributed by atoms with Gasteiger partial charge in [-0.1, -0.05) is 0 Å². The second-order valence-corrected chi connectivity index (χ2v) is 5.53. The first-order valence-corrected chi connectivity index (χ1v) is 7.36. The van der Waals surface area contributed by atoms with Gasteiger partial charge in [-0.3, -0.25) is 4.68 Å². The van der Waals surface area contributed by atoms with Crippen LogP contribution >= 0.6 is 0 Å². The van der Waals surface area contributed by atoms with E-state index in [2.05, 4.69) is 25.7 Å². The van der Waals surface area contributed by atoms with Crippen molar-refractivity contribution in [1.29, 1.82) is 0 Å². The molecule has 0 amide bonds. The predicted octanol–water partition coefficient (Wildman–Crippen LogP) is 2.20.